The maximum absolute atomic E-state index is 13.5. The maximum Gasteiger partial charge on any atom is 0.129 e. The van der Waals surface area contributed by atoms with Crippen LogP contribution in [-0.4, -0.2) is 5.11 Å². The number of hydrogen-bond acceptors (Lipinski definition) is 1. The van der Waals surface area contributed by atoms with Gasteiger partial charge in [0.25, 0.3) is 0 Å². The van der Waals surface area contributed by atoms with Crippen LogP contribution in [0.5, 0.6) is 0 Å². The fourth-order valence-corrected chi connectivity index (χ4v) is 2.37. The minimum Gasteiger partial charge on any atom is -0.388 e. The fourth-order valence-electron chi connectivity index (χ4n) is 1.99. The topological polar surface area (TPSA) is 20.2 Å². The van der Waals surface area contributed by atoms with Gasteiger partial charge in [-0.05, 0) is 35.7 Å². The third-order valence-corrected chi connectivity index (χ3v) is 3.96. The molecule has 100 valence electrons. The smallest absolute Gasteiger partial charge is 0.129 e. The van der Waals surface area contributed by atoms with Crippen LogP contribution in [0.15, 0.2) is 40.9 Å². The van der Waals surface area contributed by atoms with Crippen LogP contribution >= 0.6 is 15.9 Å². The molecule has 0 aliphatic rings. The molecule has 1 atom stereocenters. The summed E-state index contributed by atoms with van der Waals surface area (Å²) < 4.78 is 27.3. The third kappa shape index (κ3) is 3.19. The van der Waals surface area contributed by atoms with Gasteiger partial charge >= 0.3 is 0 Å². The van der Waals surface area contributed by atoms with E-state index in [0.717, 1.165) is 21.7 Å². The summed E-state index contributed by atoms with van der Waals surface area (Å²) in [4.78, 5) is 0. The number of rotatable bonds is 3. The van der Waals surface area contributed by atoms with Gasteiger partial charge < -0.3 is 5.11 Å². The van der Waals surface area contributed by atoms with Crippen molar-refractivity contribution >= 4 is 15.9 Å². The first-order chi connectivity index (χ1) is 8.99. The number of halogens is 3. The number of benzene rings is 2. The zero-order valence-electron chi connectivity index (χ0n) is 10.3. The van der Waals surface area contributed by atoms with E-state index < -0.39 is 17.7 Å². The van der Waals surface area contributed by atoms with Gasteiger partial charge in [0.1, 0.15) is 11.6 Å². The molecule has 1 unspecified atom stereocenters. The summed E-state index contributed by atoms with van der Waals surface area (Å²) in [5.41, 5.74) is 1.95. The van der Waals surface area contributed by atoms with Crippen molar-refractivity contribution in [2.24, 2.45) is 0 Å². The summed E-state index contributed by atoms with van der Waals surface area (Å²) in [5.74, 6) is -1.25. The zero-order valence-corrected chi connectivity index (χ0v) is 11.9. The van der Waals surface area contributed by atoms with Crippen LogP contribution in [0, 0.1) is 18.6 Å². The molecule has 0 aliphatic heterocycles. The average Bonchev–Trinajstić information content (AvgIpc) is 2.36. The van der Waals surface area contributed by atoms with Crippen LogP contribution in [-0.2, 0) is 6.42 Å². The van der Waals surface area contributed by atoms with Gasteiger partial charge in [0.05, 0.1) is 6.10 Å². The van der Waals surface area contributed by atoms with E-state index in [1.54, 1.807) is 6.07 Å². The van der Waals surface area contributed by atoms with Gasteiger partial charge in [-0.1, -0.05) is 34.1 Å². The second kappa shape index (κ2) is 5.80. The van der Waals surface area contributed by atoms with Crippen molar-refractivity contribution in [3.8, 4) is 0 Å². The highest BCUT2D eigenvalue weighted by Gasteiger charge is 2.15. The molecule has 1 N–H and O–H groups in total. The van der Waals surface area contributed by atoms with E-state index in [1.807, 2.05) is 19.1 Å². The molecule has 2 aromatic carbocycles. The highest BCUT2D eigenvalue weighted by atomic mass is 79.9. The van der Waals surface area contributed by atoms with Crippen molar-refractivity contribution < 1.29 is 13.9 Å². The summed E-state index contributed by atoms with van der Waals surface area (Å²) in [6, 6.07) is 8.88. The molecule has 2 aromatic rings. The molecular formula is C15H13BrF2O. The van der Waals surface area contributed by atoms with Crippen LogP contribution in [0.4, 0.5) is 8.78 Å². The molecule has 0 saturated carbocycles. The number of aliphatic hydroxyl groups excluding tert-OH is 1. The molecule has 0 aliphatic carbocycles. The molecule has 0 saturated heterocycles. The first-order valence-electron chi connectivity index (χ1n) is 5.86. The molecule has 0 amide bonds. The van der Waals surface area contributed by atoms with Gasteiger partial charge in [0.15, 0.2) is 0 Å². The molecule has 0 radical (unpaired) electrons. The van der Waals surface area contributed by atoms with Crippen LogP contribution in [0.3, 0.4) is 0 Å². The minimum absolute atomic E-state index is 0.114. The van der Waals surface area contributed by atoms with Crippen LogP contribution in [0.2, 0.25) is 0 Å². The first-order valence-corrected chi connectivity index (χ1v) is 6.65. The van der Waals surface area contributed by atoms with Gasteiger partial charge in [-0.15, -0.1) is 0 Å². The Morgan fingerprint density at radius 2 is 1.95 bits per heavy atom. The summed E-state index contributed by atoms with van der Waals surface area (Å²) in [6.07, 6.45) is -0.707. The Balaban J connectivity index is 2.25. The molecule has 0 aromatic heterocycles. The third-order valence-electron chi connectivity index (χ3n) is 3.10. The van der Waals surface area contributed by atoms with E-state index in [2.05, 4.69) is 15.9 Å². The Morgan fingerprint density at radius 1 is 1.21 bits per heavy atom. The SMILES string of the molecule is Cc1c(Br)cccc1C(O)Cc1ccc(F)cc1F. The Labute approximate surface area is 119 Å². The highest BCUT2D eigenvalue weighted by molar-refractivity contribution is 9.10. The van der Waals surface area contributed by atoms with Gasteiger partial charge in [-0.3, -0.25) is 0 Å². The van der Waals surface area contributed by atoms with E-state index in [0.29, 0.717) is 5.56 Å². The van der Waals surface area contributed by atoms with Gasteiger partial charge in [-0.2, -0.15) is 0 Å². The van der Waals surface area contributed by atoms with Crippen molar-refractivity contribution in [3.05, 3.63) is 69.2 Å². The lowest BCUT2D eigenvalue weighted by atomic mass is 9.97. The maximum atomic E-state index is 13.5. The lowest BCUT2D eigenvalue weighted by molar-refractivity contribution is 0.176. The van der Waals surface area contributed by atoms with Crippen molar-refractivity contribution in [2.75, 3.05) is 0 Å². The quantitative estimate of drug-likeness (QED) is 0.891. The van der Waals surface area contributed by atoms with E-state index >= 15 is 0 Å². The van der Waals surface area contributed by atoms with E-state index in [9.17, 15) is 13.9 Å². The summed E-state index contributed by atoms with van der Waals surface area (Å²) in [5, 5.41) is 10.2. The average molecular weight is 327 g/mol. The van der Waals surface area contributed by atoms with Crippen molar-refractivity contribution in [2.45, 2.75) is 19.4 Å². The fraction of sp³-hybridized carbons (Fsp3) is 0.200. The minimum atomic E-state index is -0.822. The standard InChI is InChI=1S/C15H13BrF2O/c1-9-12(3-2-4-13(9)16)15(19)7-10-5-6-11(17)8-14(10)18/h2-6,8,15,19H,7H2,1H3. The molecule has 0 fully saturated rings. The van der Waals surface area contributed by atoms with Crippen molar-refractivity contribution in [1.82, 2.24) is 0 Å². The lowest BCUT2D eigenvalue weighted by Crippen LogP contribution is -2.06. The number of hydrogen-bond donors (Lipinski definition) is 1. The summed E-state index contributed by atoms with van der Waals surface area (Å²) >= 11 is 3.39. The van der Waals surface area contributed by atoms with Gasteiger partial charge in [0.2, 0.25) is 0 Å². The van der Waals surface area contributed by atoms with Crippen LogP contribution in [0.25, 0.3) is 0 Å². The predicted molar refractivity (Wildman–Crippen MR) is 73.9 cm³/mol. The molecule has 4 heteroatoms. The molecule has 2 rings (SSSR count). The first kappa shape index (κ1) is 14.2. The van der Waals surface area contributed by atoms with Crippen molar-refractivity contribution in [1.29, 1.82) is 0 Å². The summed E-state index contributed by atoms with van der Waals surface area (Å²) in [6.45, 7) is 1.88. The predicted octanol–water partition coefficient (Wildman–Crippen LogP) is 4.31. The van der Waals surface area contributed by atoms with E-state index in [-0.39, 0.29) is 6.42 Å². The second-order valence-corrected chi connectivity index (χ2v) is 5.26. The van der Waals surface area contributed by atoms with Crippen LogP contribution < -0.4 is 0 Å². The normalized spacial score (nSPS) is 12.5. The van der Waals surface area contributed by atoms with E-state index in [1.165, 1.54) is 12.1 Å². The zero-order chi connectivity index (χ0) is 14.0. The Bertz CT molecular complexity index is 599. The molecule has 0 bridgehead atoms. The van der Waals surface area contributed by atoms with Crippen molar-refractivity contribution in [3.63, 3.8) is 0 Å². The molecule has 0 heterocycles. The summed E-state index contributed by atoms with van der Waals surface area (Å²) in [7, 11) is 0. The lowest BCUT2D eigenvalue weighted by Gasteiger charge is -2.15. The Kier molecular flexibility index (Phi) is 4.32. The Morgan fingerprint density at radius 3 is 2.63 bits per heavy atom. The Hall–Kier alpha value is -1.26. The van der Waals surface area contributed by atoms with Crippen LogP contribution in [0.1, 0.15) is 22.8 Å². The molecule has 1 nitrogen and oxygen atoms in total. The molecule has 0 spiro atoms. The van der Waals surface area contributed by atoms with Gasteiger partial charge in [-0.25, -0.2) is 8.78 Å². The van der Waals surface area contributed by atoms with Gasteiger partial charge in [0, 0.05) is 17.0 Å². The molecule has 19 heavy (non-hydrogen) atoms. The molecular weight excluding hydrogens is 314 g/mol. The largest absolute Gasteiger partial charge is 0.388 e. The monoisotopic (exact) mass is 326 g/mol. The number of aliphatic hydroxyl groups is 1. The second-order valence-electron chi connectivity index (χ2n) is 4.41. The highest BCUT2D eigenvalue weighted by Crippen LogP contribution is 2.27. The van der Waals surface area contributed by atoms with E-state index in [4.69, 9.17) is 0 Å².